The number of hydrogen-bond acceptors (Lipinski definition) is 4. The summed E-state index contributed by atoms with van der Waals surface area (Å²) >= 11 is 0. The summed E-state index contributed by atoms with van der Waals surface area (Å²) in [6.07, 6.45) is 3.80. The first-order valence-corrected chi connectivity index (χ1v) is 9.87. The maximum absolute atomic E-state index is 12.1. The lowest BCUT2D eigenvalue weighted by Gasteiger charge is -2.29. The third kappa shape index (κ3) is 3.62. The van der Waals surface area contributed by atoms with Crippen molar-refractivity contribution in [1.82, 2.24) is 10.2 Å². The summed E-state index contributed by atoms with van der Waals surface area (Å²) in [4.78, 5) is 2.40. The second-order valence-corrected chi connectivity index (χ2v) is 8.32. The first-order valence-electron chi connectivity index (χ1n) is 8.03. The summed E-state index contributed by atoms with van der Waals surface area (Å²) in [5, 5.41) is 3.46. The molecule has 0 spiro atoms. The molecule has 0 amide bonds. The second kappa shape index (κ2) is 6.56. The molecule has 0 saturated carbocycles. The molecule has 3 rings (SSSR count). The summed E-state index contributed by atoms with van der Waals surface area (Å²) in [7, 11) is -3.22. The molecule has 0 aliphatic carbocycles. The van der Waals surface area contributed by atoms with Crippen LogP contribution in [0, 0.1) is 5.92 Å². The molecule has 2 aliphatic rings. The van der Waals surface area contributed by atoms with E-state index in [1.807, 2.05) is 24.3 Å². The third-order valence-electron chi connectivity index (χ3n) is 4.59. The minimum absolute atomic E-state index is 0.538. The standard InChI is InChI=1S/C16H25N3O2S/c1-22(20,21)19-10-9-18(12-14-5-4-8-17-11-14)13-15-6-2-3-7-16(15)19/h2-3,6-7,14,17H,4-5,8-13H2,1H3. The van der Waals surface area contributed by atoms with Crippen LogP contribution in [0.3, 0.4) is 0 Å². The van der Waals surface area contributed by atoms with E-state index in [0.29, 0.717) is 12.5 Å². The van der Waals surface area contributed by atoms with Crippen molar-refractivity contribution in [2.24, 2.45) is 5.92 Å². The van der Waals surface area contributed by atoms with Crippen LogP contribution in [0.15, 0.2) is 24.3 Å². The fraction of sp³-hybridized carbons (Fsp3) is 0.625. The summed E-state index contributed by atoms with van der Waals surface area (Å²) in [6, 6.07) is 7.87. The van der Waals surface area contributed by atoms with Crippen LogP contribution in [-0.2, 0) is 16.6 Å². The highest BCUT2D eigenvalue weighted by Gasteiger charge is 2.26. The van der Waals surface area contributed by atoms with Gasteiger partial charge in [0.15, 0.2) is 0 Å². The molecule has 0 aromatic heterocycles. The van der Waals surface area contributed by atoms with Crippen LogP contribution in [0.2, 0.25) is 0 Å². The van der Waals surface area contributed by atoms with E-state index < -0.39 is 10.0 Å². The van der Waals surface area contributed by atoms with E-state index in [2.05, 4.69) is 10.2 Å². The van der Waals surface area contributed by atoms with Crippen molar-refractivity contribution in [3.05, 3.63) is 29.8 Å². The number of hydrogen-bond donors (Lipinski definition) is 1. The monoisotopic (exact) mass is 323 g/mol. The molecule has 5 nitrogen and oxygen atoms in total. The topological polar surface area (TPSA) is 52.7 Å². The molecule has 0 bridgehead atoms. The van der Waals surface area contributed by atoms with Crippen LogP contribution >= 0.6 is 0 Å². The number of rotatable bonds is 3. The van der Waals surface area contributed by atoms with E-state index in [1.165, 1.54) is 19.1 Å². The van der Waals surface area contributed by atoms with Gasteiger partial charge in [-0.25, -0.2) is 8.42 Å². The molecule has 2 heterocycles. The zero-order valence-corrected chi connectivity index (χ0v) is 14.0. The van der Waals surface area contributed by atoms with Gasteiger partial charge >= 0.3 is 0 Å². The van der Waals surface area contributed by atoms with Gasteiger partial charge in [-0.15, -0.1) is 0 Å². The van der Waals surface area contributed by atoms with E-state index in [9.17, 15) is 8.42 Å². The van der Waals surface area contributed by atoms with Gasteiger partial charge in [-0.1, -0.05) is 18.2 Å². The van der Waals surface area contributed by atoms with Crippen LogP contribution in [0.1, 0.15) is 18.4 Å². The first-order chi connectivity index (χ1) is 10.5. The third-order valence-corrected chi connectivity index (χ3v) is 5.77. The van der Waals surface area contributed by atoms with Crippen LogP contribution < -0.4 is 9.62 Å². The number of benzene rings is 1. The summed E-state index contributed by atoms with van der Waals surface area (Å²) in [5.74, 6) is 0.672. The number of fused-ring (bicyclic) bond motifs is 1. The molecular formula is C16H25N3O2S. The first kappa shape index (κ1) is 15.8. The number of sulfonamides is 1. The predicted molar refractivity (Wildman–Crippen MR) is 89.5 cm³/mol. The number of para-hydroxylation sites is 1. The normalized spacial score (nSPS) is 23.9. The average Bonchev–Trinajstić information content (AvgIpc) is 2.67. The lowest BCUT2D eigenvalue weighted by atomic mass is 9.99. The molecule has 22 heavy (non-hydrogen) atoms. The van der Waals surface area contributed by atoms with E-state index >= 15 is 0 Å². The molecule has 6 heteroatoms. The van der Waals surface area contributed by atoms with Gasteiger partial charge < -0.3 is 5.32 Å². The average molecular weight is 323 g/mol. The molecule has 2 aliphatic heterocycles. The highest BCUT2D eigenvalue weighted by molar-refractivity contribution is 7.92. The maximum Gasteiger partial charge on any atom is 0.232 e. The van der Waals surface area contributed by atoms with Gasteiger partial charge in [0, 0.05) is 26.2 Å². The van der Waals surface area contributed by atoms with E-state index in [-0.39, 0.29) is 0 Å². The van der Waals surface area contributed by atoms with Crippen LogP contribution in [0.5, 0.6) is 0 Å². The quantitative estimate of drug-likeness (QED) is 0.910. The molecule has 1 N–H and O–H groups in total. The molecule has 1 unspecified atom stereocenters. The van der Waals surface area contributed by atoms with E-state index in [4.69, 9.17) is 0 Å². The minimum atomic E-state index is -3.22. The zero-order valence-electron chi connectivity index (χ0n) is 13.2. The van der Waals surface area contributed by atoms with Crippen molar-refractivity contribution in [2.45, 2.75) is 19.4 Å². The van der Waals surface area contributed by atoms with Crippen molar-refractivity contribution >= 4 is 15.7 Å². The summed E-state index contributed by atoms with van der Waals surface area (Å²) in [6.45, 7) is 5.40. The van der Waals surface area contributed by atoms with Gasteiger partial charge in [-0.2, -0.15) is 0 Å². The Morgan fingerprint density at radius 2 is 2.09 bits per heavy atom. The predicted octanol–water partition coefficient (Wildman–Crippen LogP) is 1.27. The summed E-state index contributed by atoms with van der Waals surface area (Å²) < 4.78 is 25.7. The zero-order chi connectivity index (χ0) is 15.6. The smallest absolute Gasteiger partial charge is 0.232 e. The Morgan fingerprint density at radius 3 is 2.82 bits per heavy atom. The highest BCUT2D eigenvalue weighted by atomic mass is 32.2. The van der Waals surface area contributed by atoms with E-state index in [1.54, 1.807) is 4.31 Å². The molecular weight excluding hydrogens is 298 g/mol. The van der Waals surface area contributed by atoms with Gasteiger partial charge in [-0.3, -0.25) is 9.21 Å². The lowest BCUT2D eigenvalue weighted by molar-refractivity contribution is 0.209. The largest absolute Gasteiger partial charge is 0.316 e. The van der Waals surface area contributed by atoms with Crippen molar-refractivity contribution in [1.29, 1.82) is 0 Å². The Balaban J connectivity index is 1.79. The molecule has 1 atom stereocenters. The Bertz CT molecular complexity index is 612. The minimum Gasteiger partial charge on any atom is -0.316 e. The van der Waals surface area contributed by atoms with Gasteiger partial charge in [0.25, 0.3) is 0 Å². The SMILES string of the molecule is CS(=O)(=O)N1CCN(CC2CCCNC2)Cc2ccccc21. The van der Waals surface area contributed by atoms with Gasteiger partial charge in [-0.05, 0) is 43.5 Å². The van der Waals surface area contributed by atoms with Crippen molar-refractivity contribution in [2.75, 3.05) is 43.3 Å². The molecule has 0 radical (unpaired) electrons. The Hall–Kier alpha value is -1.11. The highest BCUT2D eigenvalue weighted by Crippen LogP contribution is 2.27. The van der Waals surface area contributed by atoms with Gasteiger partial charge in [0.1, 0.15) is 0 Å². The molecule has 1 aromatic carbocycles. The second-order valence-electron chi connectivity index (χ2n) is 6.41. The molecule has 122 valence electrons. The number of anilines is 1. The maximum atomic E-state index is 12.1. The van der Waals surface area contributed by atoms with Gasteiger partial charge in [0.05, 0.1) is 11.9 Å². The molecule has 1 fully saturated rings. The van der Waals surface area contributed by atoms with Crippen molar-refractivity contribution < 1.29 is 8.42 Å². The fourth-order valence-electron chi connectivity index (χ4n) is 3.51. The molecule has 1 aromatic rings. The van der Waals surface area contributed by atoms with E-state index in [0.717, 1.165) is 44.0 Å². The van der Waals surface area contributed by atoms with Gasteiger partial charge in [0.2, 0.25) is 10.0 Å². The van der Waals surface area contributed by atoms with Crippen LogP contribution in [-0.4, -0.2) is 52.3 Å². The number of piperidine rings is 1. The summed E-state index contributed by atoms with van der Waals surface area (Å²) in [5.41, 5.74) is 1.95. The van der Waals surface area contributed by atoms with Crippen LogP contribution in [0.4, 0.5) is 5.69 Å². The Kier molecular flexibility index (Phi) is 4.70. The van der Waals surface area contributed by atoms with Crippen molar-refractivity contribution in [3.8, 4) is 0 Å². The Morgan fingerprint density at radius 1 is 1.27 bits per heavy atom. The number of nitrogens with zero attached hydrogens (tertiary/aromatic N) is 2. The van der Waals surface area contributed by atoms with Crippen molar-refractivity contribution in [3.63, 3.8) is 0 Å². The molecule has 1 saturated heterocycles. The Labute approximate surface area is 133 Å². The van der Waals surface area contributed by atoms with Crippen LogP contribution in [0.25, 0.3) is 0 Å². The lowest BCUT2D eigenvalue weighted by Crippen LogP contribution is -2.40. The fourth-order valence-corrected chi connectivity index (χ4v) is 4.45. The number of nitrogens with one attached hydrogen (secondary N) is 1.